The van der Waals surface area contributed by atoms with Gasteiger partial charge < -0.3 is 10.2 Å². The Morgan fingerprint density at radius 1 is 1.00 bits per heavy atom. The minimum atomic E-state index is -0.959. The van der Waals surface area contributed by atoms with Crippen molar-refractivity contribution in [2.75, 3.05) is 25.5 Å². The minimum absolute atomic E-state index is 0.0254. The Morgan fingerprint density at radius 3 is 2.50 bits per heavy atom. The van der Waals surface area contributed by atoms with Gasteiger partial charge in [0.25, 0.3) is 0 Å². The van der Waals surface area contributed by atoms with Crippen LogP contribution in [0.15, 0.2) is 54.7 Å². The number of halogens is 2. The van der Waals surface area contributed by atoms with Crippen molar-refractivity contribution in [3.63, 3.8) is 0 Å². The van der Waals surface area contributed by atoms with E-state index in [0.29, 0.717) is 30.8 Å². The van der Waals surface area contributed by atoms with Gasteiger partial charge >= 0.3 is 0 Å². The van der Waals surface area contributed by atoms with Gasteiger partial charge in [0.05, 0.1) is 17.5 Å². The molecule has 0 bridgehead atoms. The SMILES string of the molecule is CN1CC(C)(c2cc(F)cc(F)c2)N(CC#Cc2ccc3c(c2)CC2(C3)C(=O)Nc3ncccc32)C(=O)C12CCCC2. The summed E-state index contributed by atoms with van der Waals surface area (Å²) in [7, 11) is 1.94. The molecule has 4 aliphatic rings. The smallest absolute Gasteiger partial charge is 0.244 e. The van der Waals surface area contributed by atoms with E-state index in [-0.39, 0.29) is 18.4 Å². The van der Waals surface area contributed by atoms with Gasteiger partial charge in [0, 0.05) is 29.9 Å². The summed E-state index contributed by atoms with van der Waals surface area (Å²) in [6, 6.07) is 13.3. The summed E-state index contributed by atoms with van der Waals surface area (Å²) < 4.78 is 28.7. The molecule has 3 heterocycles. The zero-order valence-electron chi connectivity index (χ0n) is 23.8. The van der Waals surface area contributed by atoms with E-state index < -0.39 is 28.1 Å². The number of amides is 2. The van der Waals surface area contributed by atoms with Crippen LogP contribution in [0.25, 0.3) is 0 Å². The molecule has 1 saturated heterocycles. The van der Waals surface area contributed by atoms with Gasteiger partial charge in [0.15, 0.2) is 0 Å². The second kappa shape index (κ2) is 9.47. The summed E-state index contributed by atoms with van der Waals surface area (Å²) in [6.45, 7) is 2.45. The highest BCUT2D eigenvalue weighted by atomic mass is 19.1. The van der Waals surface area contributed by atoms with Gasteiger partial charge in [-0.3, -0.25) is 14.5 Å². The van der Waals surface area contributed by atoms with Gasteiger partial charge in [0.2, 0.25) is 11.8 Å². The standard InChI is InChI=1S/C34H32F2N4O2/c1-32(25-16-26(35)18-27(36)17-25)21-39(2)34(11-3-4-12-34)31(42)40(32)14-6-7-22-9-10-23-19-33(20-24(23)15-22)28-8-5-13-37-29(28)38-30(33)41/h5,8-10,13,15-18H,3-4,11-12,14,19-21H2,1-2H3,(H,37,38,41). The average Bonchev–Trinajstić information content (AvgIpc) is 3.66. The molecule has 1 N–H and O–H groups in total. The second-order valence-electron chi connectivity index (χ2n) is 12.5. The molecule has 2 unspecified atom stereocenters. The van der Waals surface area contributed by atoms with E-state index in [4.69, 9.17) is 0 Å². The first kappa shape index (κ1) is 26.8. The van der Waals surface area contributed by atoms with Gasteiger partial charge in [0.1, 0.15) is 23.0 Å². The zero-order valence-corrected chi connectivity index (χ0v) is 23.8. The summed E-state index contributed by atoms with van der Waals surface area (Å²) in [5.74, 6) is 5.68. The molecule has 2 amide bonds. The molecule has 214 valence electrons. The lowest BCUT2D eigenvalue weighted by Gasteiger charge is -2.55. The van der Waals surface area contributed by atoms with Gasteiger partial charge in [-0.15, -0.1) is 0 Å². The van der Waals surface area contributed by atoms with E-state index >= 15 is 0 Å². The number of aromatic nitrogens is 1. The van der Waals surface area contributed by atoms with Crippen LogP contribution in [0.1, 0.15) is 60.4 Å². The van der Waals surface area contributed by atoms with Gasteiger partial charge in [-0.05, 0) is 86.7 Å². The van der Waals surface area contributed by atoms with Crippen molar-refractivity contribution in [3.8, 4) is 11.8 Å². The molecule has 2 atom stereocenters. The fraction of sp³-hybridized carbons (Fsp3) is 0.382. The van der Waals surface area contributed by atoms with E-state index in [9.17, 15) is 18.4 Å². The van der Waals surface area contributed by atoms with Crippen molar-refractivity contribution in [1.82, 2.24) is 14.8 Å². The van der Waals surface area contributed by atoms with Crippen molar-refractivity contribution in [3.05, 3.63) is 94.2 Å². The van der Waals surface area contributed by atoms with Crippen molar-refractivity contribution >= 4 is 17.6 Å². The Morgan fingerprint density at radius 2 is 1.74 bits per heavy atom. The molecular formula is C34H32F2N4O2. The third-order valence-electron chi connectivity index (χ3n) is 10.1. The highest BCUT2D eigenvalue weighted by molar-refractivity contribution is 6.06. The fourth-order valence-electron chi connectivity index (χ4n) is 7.82. The van der Waals surface area contributed by atoms with Crippen LogP contribution in [0.2, 0.25) is 0 Å². The fourth-order valence-corrected chi connectivity index (χ4v) is 7.82. The number of fused-ring (bicyclic) bond motifs is 3. The topological polar surface area (TPSA) is 65.5 Å². The molecule has 42 heavy (non-hydrogen) atoms. The molecule has 2 aliphatic carbocycles. The summed E-state index contributed by atoms with van der Waals surface area (Å²) in [5, 5.41) is 2.94. The van der Waals surface area contributed by atoms with E-state index in [0.717, 1.165) is 54.0 Å². The summed E-state index contributed by atoms with van der Waals surface area (Å²) >= 11 is 0. The number of benzene rings is 2. The average molecular weight is 567 g/mol. The zero-order chi connectivity index (χ0) is 29.3. The number of pyridine rings is 1. The molecule has 8 heteroatoms. The molecule has 2 aromatic carbocycles. The Kier molecular flexibility index (Phi) is 6.04. The monoisotopic (exact) mass is 566 g/mol. The van der Waals surface area contributed by atoms with Crippen LogP contribution in [0, 0.1) is 23.5 Å². The first-order chi connectivity index (χ1) is 20.1. The third-order valence-corrected chi connectivity index (χ3v) is 10.1. The Hall–Kier alpha value is -4.09. The Balaban J connectivity index is 1.19. The number of nitrogens with zero attached hydrogens (tertiary/aromatic N) is 3. The summed E-state index contributed by atoms with van der Waals surface area (Å²) in [4.78, 5) is 35.4. The third kappa shape index (κ3) is 3.90. The first-order valence-electron chi connectivity index (χ1n) is 14.5. The van der Waals surface area contributed by atoms with Crippen LogP contribution in [0.3, 0.4) is 0 Å². The van der Waals surface area contributed by atoms with Crippen LogP contribution in [0.5, 0.6) is 0 Å². The maximum Gasteiger partial charge on any atom is 0.244 e. The van der Waals surface area contributed by atoms with Crippen molar-refractivity contribution in [2.45, 2.75) is 61.9 Å². The molecule has 1 aromatic heterocycles. The number of nitrogens with one attached hydrogen (secondary N) is 1. The van der Waals surface area contributed by atoms with Gasteiger partial charge in [-0.25, -0.2) is 13.8 Å². The maximum atomic E-state index is 14.4. The number of rotatable bonds is 2. The molecule has 7 rings (SSSR count). The predicted octanol–water partition coefficient (Wildman–Crippen LogP) is 4.70. The molecule has 6 nitrogen and oxygen atoms in total. The van der Waals surface area contributed by atoms with Gasteiger partial charge in [-0.1, -0.05) is 36.8 Å². The highest BCUT2D eigenvalue weighted by Crippen LogP contribution is 2.47. The predicted molar refractivity (Wildman–Crippen MR) is 155 cm³/mol. The minimum Gasteiger partial charge on any atom is -0.319 e. The quantitative estimate of drug-likeness (QED) is 0.457. The molecule has 2 spiro atoms. The molecule has 3 aromatic rings. The highest BCUT2D eigenvalue weighted by Gasteiger charge is 2.56. The largest absolute Gasteiger partial charge is 0.319 e. The Bertz CT molecular complexity index is 1680. The Labute approximate surface area is 244 Å². The molecular weight excluding hydrogens is 534 g/mol. The molecule has 2 fully saturated rings. The second-order valence-corrected chi connectivity index (χ2v) is 12.5. The van der Waals surface area contributed by atoms with Crippen LogP contribution in [-0.2, 0) is 33.4 Å². The normalized spacial score (nSPS) is 25.9. The van der Waals surface area contributed by atoms with Crippen LogP contribution in [0.4, 0.5) is 14.6 Å². The lowest BCUT2D eigenvalue weighted by atomic mass is 9.79. The van der Waals surface area contributed by atoms with Crippen molar-refractivity contribution in [1.29, 1.82) is 0 Å². The summed E-state index contributed by atoms with van der Waals surface area (Å²) in [5.41, 5.74) is 2.12. The van der Waals surface area contributed by atoms with Crippen LogP contribution >= 0.6 is 0 Å². The summed E-state index contributed by atoms with van der Waals surface area (Å²) in [6.07, 6.45) is 6.33. The van der Waals surface area contributed by atoms with Crippen molar-refractivity contribution in [2.24, 2.45) is 0 Å². The lowest BCUT2D eigenvalue weighted by molar-refractivity contribution is -0.161. The molecule has 1 saturated carbocycles. The lowest BCUT2D eigenvalue weighted by Crippen LogP contribution is -2.70. The number of carbonyl (C=O) groups is 2. The van der Waals surface area contributed by atoms with Gasteiger partial charge in [-0.2, -0.15) is 0 Å². The van der Waals surface area contributed by atoms with E-state index in [2.05, 4.69) is 27.0 Å². The number of carbonyl (C=O) groups excluding carboxylic acids is 2. The number of hydrogen-bond acceptors (Lipinski definition) is 4. The van der Waals surface area contributed by atoms with E-state index in [1.54, 1.807) is 11.1 Å². The van der Waals surface area contributed by atoms with E-state index in [1.165, 1.54) is 12.1 Å². The van der Waals surface area contributed by atoms with Crippen LogP contribution < -0.4 is 5.32 Å². The first-order valence-corrected chi connectivity index (χ1v) is 14.5. The molecule has 2 aliphatic heterocycles. The van der Waals surface area contributed by atoms with E-state index in [1.807, 2.05) is 44.3 Å². The number of hydrogen-bond donors (Lipinski definition) is 1. The maximum absolute atomic E-state index is 14.4. The number of likely N-dealkylation sites (N-methyl/N-ethyl adjacent to an activating group) is 1. The number of anilines is 1. The molecule has 0 radical (unpaired) electrons. The van der Waals surface area contributed by atoms with Crippen LogP contribution in [-0.4, -0.2) is 52.3 Å². The van der Waals surface area contributed by atoms with Crippen molar-refractivity contribution < 1.29 is 18.4 Å². The number of piperazine rings is 1.